The lowest BCUT2D eigenvalue weighted by Gasteiger charge is -1.97. The molecule has 0 aliphatic heterocycles. The minimum atomic E-state index is -0.492. The Labute approximate surface area is 93.5 Å². The van der Waals surface area contributed by atoms with Gasteiger partial charge in [-0.3, -0.25) is 4.68 Å². The van der Waals surface area contributed by atoms with E-state index in [1.165, 1.54) is 0 Å². The van der Waals surface area contributed by atoms with Crippen LogP contribution in [0.2, 0.25) is 5.02 Å². The topological polar surface area (TPSA) is 44.1 Å². The maximum Gasteiger partial charge on any atom is 0.360 e. The highest BCUT2D eigenvalue weighted by molar-refractivity contribution is 6.33. The van der Waals surface area contributed by atoms with Crippen molar-refractivity contribution < 1.29 is 9.53 Å². The summed E-state index contributed by atoms with van der Waals surface area (Å²) >= 11 is 5.96. The third kappa shape index (κ3) is 2.39. The predicted molar refractivity (Wildman–Crippen MR) is 58.1 cm³/mol. The third-order valence-electron chi connectivity index (χ3n) is 1.90. The van der Waals surface area contributed by atoms with E-state index in [2.05, 4.69) is 11.7 Å². The zero-order valence-corrected chi connectivity index (χ0v) is 9.54. The van der Waals surface area contributed by atoms with Gasteiger partial charge in [0.05, 0.1) is 23.9 Å². The standard InChI is InChI=1S/C10H13ClN2O2/c1-4-6-13-7(3)8(11)9(12-13)10(14)15-5-2/h4H,1,5-6H2,2-3H3. The largest absolute Gasteiger partial charge is 0.461 e. The van der Waals surface area contributed by atoms with Crippen molar-refractivity contribution in [3.05, 3.63) is 29.1 Å². The van der Waals surface area contributed by atoms with Crippen molar-refractivity contribution in [3.63, 3.8) is 0 Å². The lowest BCUT2D eigenvalue weighted by molar-refractivity contribution is 0.0518. The molecular formula is C10H13ClN2O2. The maximum absolute atomic E-state index is 11.4. The van der Waals surface area contributed by atoms with Crippen LogP contribution in [-0.4, -0.2) is 22.4 Å². The minimum Gasteiger partial charge on any atom is -0.461 e. The normalized spacial score (nSPS) is 10.1. The molecule has 4 nitrogen and oxygen atoms in total. The first kappa shape index (κ1) is 11.8. The van der Waals surface area contributed by atoms with Crippen molar-refractivity contribution in [2.75, 3.05) is 6.61 Å². The van der Waals surface area contributed by atoms with Gasteiger partial charge < -0.3 is 4.74 Å². The Balaban J connectivity index is 3.04. The summed E-state index contributed by atoms with van der Waals surface area (Å²) in [6.07, 6.45) is 1.69. The van der Waals surface area contributed by atoms with Crippen LogP contribution in [0.4, 0.5) is 0 Å². The Bertz CT molecular complexity index is 385. The van der Waals surface area contributed by atoms with E-state index in [0.717, 1.165) is 5.69 Å². The first-order chi connectivity index (χ1) is 7.11. The number of esters is 1. The molecule has 1 aromatic rings. The zero-order valence-electron chi connectivity index (χ0n) is 8.79. The van der Waals surface area contributed by atoms with E-state index < -0.39 is 5.97 Å². The van der Waals surface area contributed by atoms with E-state index in [1.54, 1.807) is 24.6 Å². The van der Waals surface area contributed by atoms with E-state index in [0.29, 0.717) is 18.2 Å². The maximum atomic E-state index is 11.4. The Kier molecular flexibility index (Phi) is 3.91. The molecule has 0 radical (unpaired) electrons. The summed E-state index contributed by atoms with van der Waals surface area (Å²) in [6.45, 7) is 7.95. The molecule has 0 saturated heterocycles. The van der Waals surface area contributed by atoms with Gasteiger partial charge in [0.25, 0.3) is 0 Å². The number of hydrogen-bond donors (Lipinski definition) is 0. The van der Waals surface area contributed by atoms with E-state index in [-0.39, 0.29) is 5.69 Å². The Morgan fingerprint density at radius 2 is 2.40 bits per heavy atom. The van der Waals surface area contributed by atoms with E-state index in [1.807, 2.05) is 0 Å². The van der Waals surface area contributed by atoms with Crippen molar-refractivity contribution in [1.82, 2.24) is 9.78 Å². The molecule has 0 aliphatic rings. The van der Waals surface area contributed by atoms with Crippen molar-refractivity contribution in [2.24, 2.45) is 0 Å². The molecule has 82 valence electrons. The number of carbonyl (C=O) groups excluding carboxylic acids is 1. The SMILES string of the molecule is C=CCn1nc(C(=O)OCC)c(Cl)c1C. The molecule has 0 spiro atoms. The fourth-order valence-electron chi connectivity index (χ4n) is 1.15. The summed E-state index contributed by atoms with van der Waals surface area (Å²) in [5, 5.41) is 4.40. The molecule has 0 aliphatic carbocycles. The lowest BCUT2D eigenvalue weighted by Crippen LogP contribution is -2.07. The molecule has 0 N–H and O–H groups in total. The Morgan fingerprint density at radius 3 is 2.93 bits per heavy atom. The predicted octanol–water partition coefficient (Wildman–Crippen LogP) is 2.21. The summed E-state index contributed by atoms with van der Waals surface area (Å²) in [7, 11) is 0. The number of ether oxygens (including phenoxy) is 1. The molecule has 0 atom stereocenters. The molecule has 1 rings (SSSR count). The van der Waals surface area contributed by atoms with Crippen LogP contribution in [0.5, 0.6) is 0 Å². The molecule has 15 heavy (non-hydrogen) atoms. The Hall–Kier alpha value is -1.29. The van der Waals surface area contributed by atoms with Gasteiger partial charge in [-0.15, -0.1) is 6.58 Å². The summed E-state index contributed by atoms with van der Waals surface area (Å²) in [5.74, 6) is -0.492. The van der Waals surface area contributed by atoms with Crippen LogP contribution in [0.15, 0.2) is 12.7 Å². The van der Waals surface area contributed by atoms with E-state index in [4.69, 9.17) is 16.3 Å². The van der Waals surface area contributed by atoms with Crippen LogP contribution in [0, 0.1) is 6.92 Å². The second-order valence-electron chi connectivity index (χ2n) is 2.94. The quantitative estimate of drug-likeness (QED) is 0.586. The molecular weight excluding hydrogens is 216 g/mol. The van der Waals surface area contributed by atoms with E-state index >= 15 is 0 Å². The van der Waals surface area contributed by atoms with Crippen molar-refractivity contribution in [2.45, 2.75) is 20.4 Å². The number of rotatable bonds is 4. The van der Waals surface area contributed by atoms with Gasteiger partial charge in [0, 0.05) is 0 Å². The molecule has 5 heteroatoms. The fourth-order valence-corrected chi connectivity index (χ4v) is 1.37. The molecule has 0 fully saturated rings. The summed E-state index contributed by atoms with van der Waals surface area (Å²) < 4.78 is 6.44. The minimum absolute atomic E-state index is 0.165. The molecule has 0 amide bonds. The molecule has 0 aromatic carbocycles. The number of allylic oxidation sites excluding steroid dienone is 1. The van der Waals surface area contributed by atoms with Crippen molar-refractivity contribution >= 4 is 17.6 Å². The highest BCUT2D eigenvalue weighted by atomic mass is 35.5. The monoisotopic (exact) mass is 228 g/mol. The van der Waals surface area contributed by atoms with Crippen molar-refractivity contribution in [1.29, 1.82) is 0 Å². The van der Waals surface area contributed by atoms with Gasteiger partial charge in [-0.25, -0.2) is 4.79 Å². The second-order valence-corrected chi connectivity index (χ2v) is 3.32. The first-order valence-corrected chi connectivity index (χ1v) is 5.00. The van der Waals surface area contributed by atoms with Gasteiger partial charge >= 0.3 is 5.97 Å². The molecule has 0 bridgehead atoms. The summed E-state index contributed by atoms with van der Waals surface area (Å²) in [4.78, 5) is 11.4. The van der Waals surface area contributed by atoms with Crippen LogP contribution in [0.1, 0.15) is 23.1 Å². The second kappa shape index (κ2) is 4.98. The van der Waals surface area contributed by atoms with Gasteiger partial charge in [0.1, 0.15) is 0 Å². The van der Waals surface area contributed by atoms with Gasteiger partial charge in [-0.05, 0) is 13.8 Å². The molecule has 1 aromatic heterocycles. The van der Waals surface area contributed by atoms with Crippen LogP contribution in [0.25, 0.3) is 0 Å². The number of carbonyl (C=O) groups is 1. The summed E-state index contributed by atoms with van der Waals surface area (Å²) in [6, 6.07) is 0. The van der Waals surface area contributed by atoms with Crippen LogP contribution >= 0.6 is 11.6 Å². The molecule has 0 saturated carbocycles. The van der Waals surface area contributed by atoms with Crippen LogP contribution in [-0.2, 0) is 11.3 Å². The van der Waals surface area contributed by atoms with Gasteiger partial charge in [0.15, 0.2) is 5.69 Å². The van der Waals surface area contributed by atoms with Gasteiger partial charge in [0.2, 0.25) is 0 Å². The van der Waals surface area contributed by atoms with Gasteiger partial charge in [-0.2, -0.15) is 5.10 Å². The highest BCUT2D eigenvalue weighted by Crippen LogP contribution is 2.20. The fraction of sp³-hybridized carbons (Fsp3) is 0.400. The number of halogens is 1. The summed E-state index contributed by atoms with van der Waals surface area (Å²) in [5.41, 5.74) is 0.900. The number of aromatic nitrogens is 2. The highest BCUT2D eigenvalue weighted by Gasteiger charge is 2.19. The zero-order chi connectivity index (χ0) is 11.4. The molecule has 1 heterocycles. The smallest absolute Gasteiger partial charge is 0.360 e. The molecule has 0 unspecified atom stereocenters. The van der Waals surface area contributed by atoms with E-state index in [9.17, 15) is 4.79 Å². The third-order valence-corrected chi connectivity index (χ3v) is 2.36. The average molecular weight is 229 g/mol. The Morgan fingerprint density at radius 1 is 1.73 bits per heavy atom. The van der Waals surface area contributed by atoms with Crippen molar-refractivity contribution in [3.8, 4) is 0 Å². The van der Waals surface area contributed by atoms with Crippen LogP contribution < -0.4 is 0 Å². The van der Waals surface area contributed by atoms with Gasteiger partial charge in [-0.1, -0.05) is 17.7 Å². The lowest BCUT2D eigenvalue weighted by atomic mass is 10.3. The first-order valence-electron chi connectivity index (χ1n) is 4.62. The average Bonchev–Trinajstić information content (AvgIpc) is 2.47. The number of hydrogen-bond acceptors (Lipinski definition) is 3. The van der Waals surface area contributed by atoms with Crippen LogP contribution in [0.3, 0.4) is 0 Å². The number of nitrogens with zero attached hydrogens (tertiary/aromatic N) is 2.